The molecule has 1 aliphatic carbocycles. The number of aliphatic hydroxyl groups is 1. The number of fused-ring (bicyclic) bond motifs is 1. The fourth-order valence-electron chi connectivity index (χ4n) is 5.44. The van der Waals surface area contributed by atoms with Crippen LogP contribution in [0.15, 0.2) is 11.6 Å². The number of nitrogens with zero attached hydrogens (tertiary/aromatic N) is 1. The number of nitrogens with one attached hydrogen (secondary N) is 4. The van der Waals surface area contributed by atoms with Gasteiger partial charge in [-0.3, -0.25) is 21.3 Å². The van der Waals surface area contributed by atoms with E-state index in [1.165, 1.54) is 12.0 Å². The van der Waals surface area contributed by atoms with Gasteiger partial charge in [-0.25, -0.2) is 0 Å². The van der Waals surface area contributed by atoms with Gasteiger partial charge in [0.15, 0.2) is 0 Å². The highest BCUT2D eigenvalue weighted by atomic mass is 16.7. The van der Waals surface area contributed by atoms with Crippen LogP contribution in [0.3, 0.4) is 0 Å². The van der Waals surface area contributed by atoms with Gasteiger partial charge in [-0.15, -0.1) is 0 Å². The van der Waals surface area contributed by atoms with E-state index < -0.39 is 5.52 Å². The molecule has 0 spiro atoms. The van der Waals surface area contributed by atoms with Gasteiger partial charge in [0.05, 0.1) is 26.2 Å². The van der Waals surface area contributed by atoms with Crippen molar-refractivity contribution in [3.8, 4) is 0 Å². The van der Waals surface area contributed by atoms with Crippen molar-refractivity contribution in [1.82, 2.24) is 26.2 Å². The van der Waals surface area contributed by atoms with Crippen LogP contribution in [0, 0.1) is 5.92 Å². The van der Waals surface area contributed by atoms with Gasteiger partial charge in [0.2, 0.25) is 0 Å². The predicted octanol–water partition coefficient (Wildman–Crippen LogP) is -1.57. The van der Waals surface area contributed by atoms with Crippen LogP contribution in [0.5, 0.6) is 0 Å². The maximum absolute atomic E-state index is 9.75. The summed E-state index contributed by atoms with van der Waals surface area (Å²) >= 11 is 0. The average Bonchev–Trinajstić information content (AvgIpc) is 3.06. The summed E-state index contributed by atoms with van der Waals surface area (Å²) in [5.74, 6) is 0.353. The van der Waals surface area contributed by atoms with E-state index in [2.05, 4.69) is 39.3 Å². The molecule has 0 bridgehead atoms. The van der Waals surface area contributed by atoms with Crippen LogP contribution >= 0.6 is 0 Å². The molecule has 8 nitrogen and oxygen atoms in total. The number of rotatable bonds is 6. The summed E-state index contributed by atoms with van der Waals surface area (Å²) in [4.78, 5) is 2.36. The Bertz CT molecular complexity index is 638. The van der Waals surface area contributed by atoms with Gasteiger partial charge >= 0.3 is 0 Å². The predicted molar refractivity (Wildman–Crippen MR) is 121 cm³/mol. The van der Waals surface area contributed by atoms with Crippen molar-refractivity contribution in [3.63, 3.8) is 0 Å². The first-order valence-corrected chi connectivity index (χ1v) is 11.5. The summed E-state index contributed by atoms with van der Waals surface area (Å²) in [7, 11) is 19.2. The monoisotopic (exact) mass is 425 g/mol. The van der Waals surface area contributed by atoms with Crippen LogP contribution in [0.25, 0.3) is 0 Å². The van der Waals surface area contributed by atoms with Crippen molar-refractivity contribution in [2.24, 2.45) is 5.92 Å². The minimum atomic E-state index is -1.95. The molecule has 3 aliphatic heterocycles. The van der Waals surface area contributed by atoms with Gasteiger partial charge < -0.3 is 19.5 Å². The van der Waals surface area contributed by atoms with Gasteiger partial charge in [-0.1, -0.05) is 18.0 Å². The van der Waals surface area contributed by atoms with E-state index in [9.17, 15) is 5.11 Å². The van der Waals surface area contributed by atoms with E-state index >= 15 is 0 Å². The molecule has 5 N–H and O–H groups in total. The Morgan fingerprint density at radius 1 is 1.26 bits per heavy atom. The summed E-state index contributed by atoms with van der Waals surface area (Å²) in [5.41, 5.74) is -0.452. The molecule has 31 heavy (non-hydrogen) atoms. The molecule has 0 aromatic heterocycles. The number of hydrogen-bond donors (Lipinski definition) is 5. The molecule has 4 aliphatic rings. The molecule has 6 radical (unpaired) electrons. The van der Waals surface area contributed by atoms with E-state index in [4.69, 9.17) is 33.0 Å². The summed E-state index contributed by atoms with van der Waals surface area (Å²) < 4.78 is 12.0. The quantitative estimate of drug-likeness (QED) is 0.198. The molecular formula is C20H34B3N5O3. The van der Waals surface area contributed by atoms with Crippen molar-refractivity contribution in [2.45, 2.75) is 80.7 Å². The second-order valence-corrected chi connectivity index (χ2v) is 9.50. The molecule has 3 heterocycles. The fraction of sp³-hybridized carbons (Fsp3) is 0.900. The summed E-state index contributed by atoms with van der Waals surface area (Å²) in [5, 5.41) is 23.1. The van der Waals surface area contributed by atoms with E-state index in [1.54, 1.807) is 0 Å². The third-order valence-corrected chi connectivity index (χ3v) is 6.89. The van der Waals surface area contributed by atoms with E-state index in [0.29, 0.717) is 25.5 Å². The topological polar surface area (TPSA) is 90.0 Å². The summed E-state index contributed by atoms with van der Waals surface area (Å²) in [6.45, 7) is 2.48. The minimum Gasteiger partial charge on any atom is -0.395 e. The van der Waals surface area contributed by atoms with Crippen LogP contribution in [0.4, 0.5) is 0 Å². The van der Waals surface area contributed by atoms with Crippen LogP contribution in [0.1, 0.15) is 32.1 Å². The molecule has 166 valence electrons. The standard InChI is InChI=1S/C20H34B3N5O3/c1-28-5-2-3-12(4-6-28)15-7-13(8-16-18(15)31-11-30-16)24-19-25-14(10-21)9-17(26-19)27-20(22,23)29/h4,13-19,24-27,29H,2-3,5-11H2,1H3. The molecule has 11 heteroatoms. The first-order chi connectivity index (χ1) is 14.8. The molecule has 1 saturated carbocycles. The lowest BCUT2D eigenvalue weighted by Gasteiger charge is -2.44. The fourth-order valence-corrected chi connectivity index (χ4v) is 5.44. The van der Waals surface area contributed by atoms with E-state index in [-0.39, 0.29) is 36.7 Å². The maximum atomic E-state index is 9.75. The molecule has 2 saturated heterocycles. The number of hydrogen-bond acceptors (Lipinski definition) is 8. The maximum Gasteiger partial charge on any atom is 0.147 e. The lowest BCUT2D eigenvalue weighted by Crippen LogP contribution is -2.71. The SMILES string of the molecule is [B]CC1CC(NC([B])([B])O)NC(NC2CC3OCOC3C(C3=CCN(C)CCC3)C2)N1. The van der Waals surface area contributed by atoms with Crippen LogP contribution < -0.4 is 21.3 Å². The first-order valence-electron chi connectivity index (χ1n) is 11.5. The van der Waals surface area contributed by atoms with Gasteiger partial charge in [-0.05, 0) is 45.7 Å². The van der Waals surface area contributed by atoms with Crippen molar-refractivity contribution in [1.29, 1.82) is 0 Å². The Hall–Kier alpha value is -0.385. The lowest BCUT2D eigenvalue weighted by atomic mass is 9.73. The van der Waals surface area contributed by atoms with Crippen molar-refractivity contribution in [2.75, 3.05) is 26.9 Å². The highest BCUT2D eigenvalue weighted by molar-refractivity contribution is 6.38. The van der Waals surface area contributed by atoms with Gasteiger partial charge in [0.1, 0.15) is 28.8 Å². The minimum absolute atomic E-state index is 0.0666. The lowest BCUT2D eigenvalue weighted by molar-refractivity contribution is 0.0307. The molecule has 4 rings (SSSR count). The first kappa shape index (κ1) is 23.8. The normalized spacial score (nSPS) is 40.2. The Balaban J connectivity index is 1.42. The second kappa shape index (κ2) is 10.3. The molecule has 3 fully saturated rings. The highest BCUT2D eigenvalue weighted by Gasteiger charge is 2.44. The third kappa shape index (κ3) is 6.35. The van der Waals surface area contributed by atoms with Gasteiger partial charge in [0.25, 0.3) is 0 Å². The van der Waals surface area contributed by atoms with Gasteiger partial charge in [-0.2, -0.15) is 0 Å². The van der Waals surface area contributed by atoms with Crippen molar-refractivity contribution in [3.05, 3.63) is 11.6 Å². The third-order valence-electron chi connectivity index (χ3n) is 6.89. The van der Waals surface area contributed by atoms with E-state index in [0.717, 1.165) is 32.4 Å². The van der Waals surface area contributed by atoms with E-state index in [1.807, 2.05) is 0 Å². The molecule has 0 aromatic rings. The summed E-state index contributed by atoms with van der Waals surface area (Å²) in [6.07, 6.45) is 7.45. The van der Waals surface area contributed by atoms with Crippen LogP contribution in [-0.4, -0.2) is 103 Å². The zero-order valence-electron chi connectivity index (χ0n) is 18.4. The zero-order chi connectivity index (χ0) is 22.0. The summed E-state index contributed by atoms with van der Waals surface area (Å²) in [6, 6.07) is 0.309. The van der Waals surface area contributed by atoms with Crippen LogP contribution in [-0.2, 0) is 9.47 Å². The average molecular weight is 425 g/mol. The number of likely N-dealkylation sites (N-methyl/N-ethyl adjacent to an activating group) is 1. The zero-order valence-corrected chi connectivity index (χ0v) is 18.4. The van der Waals surface area contributed by atoms with Crippen molar-refractivity contribution >= 4 is 23.5 Å². The molecule has 7 atom stereocenters. The Kier molecular flexibility index (Phi) is 7.86. The van der Waals surface area contributed by atoms with Crippen molar-refractivity contribution < 1.29 is 14.6 Å². The smallest absolute Gasteiger partial charge is 0.147 e. The molecule has 0 amide bonds. The second-order valence-electron chi connectivity index (χ2n) is 9.50. The number of ether oxygens (including phenoxy) is 2. The van der Waals surface area contributed by atoms with Gasteiger partial charge in [0, 0.05) is 30.1 Å². The largest absolute Gasteiger partial charge is 0.395 e. The molecule has 7 unspecified atom stereocenters. The Labute approximate surface area is 189 Å². The Morgan fingerprint density at radius 2 is 2.10 bits per heavy atom. The van der Waals surface area contributed by atoms with Crippen LogP contribution in [0.2, 0.25) is 6.32 Å². The Morgan fingerprint density at radius 3 is 2.87 bits per heavy atom. The molecular weight excluding hydrogens is 391 g/mol. The molecule has 0 aromatic carbocycles. The highest BCUT2D eigenvalue weighted by Crippen LogP contribution is 2.39.